The summed E-state index contributed by atoms with van der Waals surface area (Å²) in [5, 5.41) is 0. The van der Waals surface area contributed by atoms with Crippen LogP contribution < -0.4 is 0 Å². The molecule has 3 heterocycles. The average molecular weight is 424 g/mol. The van der Waals surface area contributed by atoms with Crippen molar-refractivity contribution in [1.82, 2.24) is 14.7 Å². The highest BCUT2D eigenvalue weighted by Gasteiger charge is 2.56. The molecule has 4 rings (SSSR count). The molecule has 0 aliphatic carbocycles. The number of nitrogens with zero attached hydrogens (tertiary/aromatic N) is 3. The van der Waals surface area contributed by atoms with Gasteiger partial charge in [-0.2, -0.15) is 0 Å². The summed E-state index contributed by atoms with van der Waals surface area (Å²) in [5.41, 5.74) is 1.02. The topological polar surface area (TPSA) is 57.0 Å². The maximum Gasteiger partial charge on any atom is 0.254 e. The fourth-order valence-corrected chi connectivity index (χ4v) is 5.49. The van der Waals surface area contributed by atoms with E-state index in [-0.39, 0.29) is 23.8 Å². The van der Waals surface area contributed by atoms with E-state index >= 15 is 0 Å². The van der Waals surface area contributed by atoms with Crippen LogP contribution in [-0.4, -0.2) is 65.3 Å². The predicted molar refractivity (Wildman–Crippen MR) is 120 cm³/mol. The van der Waals surface area contributed by atoms with E-state index in [1.54, 1.807) is 4.90 Å². The number of hydrogen-bond donors (Lipinski definition) is 0. The number of piperidine rings is 1. The molecule has 6 heteroatoms. The van der Waals surface area contributed by atoms with Crippen LogP contribution in [-0.2, 0) is 11.3 Å². The molecule has 2 aromatic rings. The molecule has 0 saturated carbocycles. The molecule has 1 unspecified atom stereocenters. The van der Waals surface area contributed by atoms with E-state index in [1.807, 2.05) is 62.3 Å². The summed E-state index contributed by atoms with van der Waals surface area (Å²) >= 11 is 0. The normalized spacial score (nSPS) is 20.9. The van der Waals surface area contributed by atoms with Crippen LogP contribution in [0.4, 0.5) is 0 Å². The van der Waals surface area contributed by atoms with Gasteiger partial charge in [0.25, 0.3) is 5.91 Å². The Morgan fingerprint density at radius 3 is 2.42 bits per heavy atom. The number of fused-ring (bicyclic) bond motifs is 1. The Balaban J connectivity index is 1.72. The lowest BCUT2D eigenvalue weighted by atomic mass is 9.66. The highest BCUT2D eigenvalue weighted by Crippen LogP contribution is 2.48. The molecule has 1 saturated heterocycles. The molecule has 2 aliphatic rings. The molecule has 2 aliphatic heterocycles. The van der Waals surface area contributed by atoms with Crippen molar-refractivity contribution in [2.75, 3.05) is 27.2 Å². The lowest BCUT2D eigenvalue weighted by molar-refractivity contribution is -0.136. The third kappa shape index (κ3) is 3.67. The summed E-state index contributed by atoms with van der Waals surface area (Å²) in [4.78, 5) is 33.2. The molecule has 1 fully saturated rings. The number of carbonyl (C=O) groups is 2. The van der Waals surface area contributed by atoms with Gasteiger partial charge in [-0.3, -0.25) is 14.5 Å². The Morgan fingerprint density at radius 1 is 1.16 bits per heavy atom. The van der Waals surface area contributed by atoms with Crippen LogP contribution in [0.15, 0.2) is 40.8 Å². The van der Waals surface area contributed by atoms with Crippen molar-refractivity contribution in [2.24, 2.45) is 0 Å². The van der Waals surface area contributed by atoms with Crippen LogP contribution in [0.2, 0.25) is 0 Å². The second-order valence-corrected chi connectivity index (χ2v) is 9.41. The highest BCUT2D eigenvalue weighted by molar-refractivity contribution is 6.02. The summed E-state index contributed by atoms with van der Waals surface area (Å²) < 4.78 is 5.77. The lowest BCUT2D eigenvalue weighted by Gasteiger charge is -2.56. The van der Waals surface area contributed by atoms with Gasteiger partial charge in [0.15, 0.2) is 0 Å². The summed E-state index contributed by atoms with van der Waals surface area (Å²) in [5.74, 6) is 1.64. The Labute approximate surface area is 184 Å². The molecule has 31 heavy (non-hydrogen) atoms. The van der Waals surface area contributed by atoms with Gasteiger partial charge in [0, 0.05) is 38.8 Å². The molecule has 0 bridgehead atoms. The van der Waals surface area contributed by atoms with E-state index in [0.717, 1.165) is 49.6 Å². The van der Waals surface area contributed by atoms with Gasteiger partial charge in [0.05, 0.1) is 18.0 Å². The fraction of sp³-hybridized carbons (Fsp3) is 0.520. The number of rotatable bonds is 4. The molecule has 0 N–H and O–H groups in total. The molecule has 2 amide bonds. The average Bonchev–Trinajstić information content (AvgIpc) is 3.14. The third-order valence-electron chi connectivity index (χ3n) is 6.84. The number of likely N-dealkylation sites (N-methyl/N-ethyl adjacent to an activating group) is 1. The van der Waals surface area contributed by atoms with Crippen LogP contribution in [0, 0.1) is 6.92 Å². The van der Waals surface area contributed by atoms with Gasteiger partial charge < -0.3 is 14.2 Å². The zero-order valence-corrected chi connectivity index (χ0v) is 19.2. The second kappa shape index (κ2) is 8.15. The minimum Gasteiger partial charge on any atom is -0.465 e. The van der Waals surface area contributed by atoms with Gasteiger partial charge in [0.1, 0.15) is 11.5 Å². The van der Waals surface area contributed by atoms with Crippen LogP contribution in [0.25, 0.3) is 0 Å². The van der Waals surface area contributed by atoms with E-state index in [1.165, 1.54) is 0 Å². The third-order valence-corrected chi connectivity index (χ3v) is 6.84. The smallest absolute Gasteiger partial charge is 0.254 e. The van der Waals surface area contributed by atoms with Crippen LogP contribution in [0.5, 0.6) is 0 Å². The van der Waals surface area contributed by atoms with Crippen LogP contribution in [0.1, 0.15) is 60.0 Å². The van der Waals surface area contributed by atoms with Crippen molar-refractivity contribution in [2.45, 2.75) is 57.7 Å². The number of carbonyl (C=O) groups excluding carboxylic acids is 2. The number of likely N-dealkylation sites (tertiary alicyclic amines) is 1. The molecular formula is C25H33N3O3. The minimum atomic E-state index is -0.517. The maximum atomic E-state index is 13.6. The summed E-state index contributed by atoms with van der Waals surface area (Å²) in [6.45, 7) is 8.46. The zero-order valence-electron chi connectivity index (χ0n) is 19.2. The molecular weight excluding hydrogens is 390 g/mol. The Morgan fingerprint density at radius 2 is 1.84 bits per heavy atom. The monoisotopic (exact) mass is 423 g/mol. The van der Waals surface area contributed by atoms with Crippen LogP contribution >= 0.6 is 0 Å². The first-order valence-electron chi connectivity index (χ1n) is 11.2. The van der Waals surface area contributed by atoms with Crippen molar-refractivity contribution in [3.8, 4) is 0 Å². The molecule has 6 nitrogen and oxygen atoms in total. The van der Waals surface area contributed by atoms with Gasteiger partial charge in [-0.05, 0) is 57.4 Å². The van der Waals surface area contributed by atoms with E-state index in [4.69, 9.17) is 4.42 Å². The maximum absolute atomic E-state index is 13.6. The number of hydrogen-bond acceptors (Lipinski definition) is 4. The van der Waals surface area contributed by atoms with Crippen LogP contribution in [0.3, 0.4) is 0 Å². The molecule has 1 atom stereocenters. The standard InChI is InChI=1S/C25H33N3O3/c1-17(2)28-23(29)21-9-7-6-8-20(21)22(24(30)26(4)5)25(28)12-14-27(15-13-25)16-19-11-10-18(3)31-19/h6-11,17,22H,12-16H2,1-5H3. The molecule has 1 aromatic heterocycles. The van der Waals surface area contributed by atoms with Gasteiger partial charge in [0.2, 0.25) is 5.91 Å². The number of aryl methyl sites for hydroxylation is 1. The molecule has 1 aromatic carbocycles. The first-order valence-corrected chi connectivity index (χ1v) is 11.2. The second-order valence-electron chi connectivity index (χ2n) is 9.41. The zero-order chi connectivity index (χ0) is 22.3. The number of amides is 2. The number of benzene rings is 1. The SMILES string of the molecule is Cc1ccc(CN2CCC3(CC2)C(C(=O)N(C)C)c2ccccc2C(=O)N3C(C)C)o1. The first kappa shape index (κ1) is 21.6. The van der Waals surface area contributed by atoms with Gasteiger partial charge in [-0.25, -0.2) is 0 Å². The summed E-state index contributed by atoms with van der Waals surface area (Å²) in [6, 6.07) is 11.7. The van der Waals surface area contributed by atoms with Crippen molar-refractivity contribution in [3.63, 3.8) is 0 Å². The number of furan rings is 1. The van der Waals surface area contributed by atoms with Crippen molar-refractivity contribution >= 4 is 11.8 Å². The summed E-state index contributed by atoms with van der Waals surface area (Å²) in [6.07, 6.45) is 1.52. The van der Waals surface area contributed by atoms with E-state index < -0.39 is 5.54 Å². The Bertz CT molecular complexity index is 970. The lowest BCUT2D eigenvalue weighted by Crippen LogP contribution is -2.66. The van der Waals surface area contributed by atoms with Crippen molar-refractivity contribution in [1.29, 1.82) is 0 Å². The van der Waals surface area contributed by atoms with E-state index in [9.17, 15) is 9.59 Å². The molecule has 0 radical (unpaired) electrons. The summed E-state index contributed by atoms with van der Waals surface area (Å²) in [7, 11) is 3.62. The van der Waals surface area contributed by atoms with E-state index in [0.29, 0.717) is 5.56 Å². The Hall–Kier alpha value is -2.60. The van der Waals surface area contributed by atoms with Crippen molar-refractivity contribution in [3.05, 3.63) is 59.0 Å². The van der Waals surface area contributed by atoms with Gasteiger partial charge in [-0.15, -0.1) is 0 Å². The van der Waals surface area contributed by atoms with E-state index in [2.05, 4.69) is 18.7 Å². The highest BCUT2D eigenvalue weighted by atomic mass is 16.3. The Kier molecular flexibility index (Phi) is 5.69. The molecule has 166 valence electrons. The first-order chi connectivity index (χ1) is 14.7. The van der Waals surface area contributed by atoms with Crippen molar-refractivity contribution < 1.29 is 14.0 Å². The molecule has 1 spiro atoms. The van der Waals surface area contributed by atoms with Gasteiger partial charge >= 0.3 is 0 Å². The fourth-order valence-electron chi connectivity index (χ4n) is 5.49. The minimum absolute atomic E-state index is 0.0117. The van der Waals surface area contributed by atoms with Gasteiger partial charge in [-0.1, -0.05) is 18.2 Å². The quantitative estimate of drug-likeness (QED) is 0.753. The predicted octanol–water partition coefficient (Wildman–Crippen LogP) is 3.66. The largest absolute Gasteiger partial charge is 0.465 e.